The zero-order valence-corrected chi connectivity index (χ0v) is 44.0. The Morgan fingerprint density at radius 2 is 0.688 bits per heavy atom. The minimum absolute atomic E-state index is 0.244. The second kappa shape index (κ2) is 40.6. The SMILES string of the molecule is COS(=O)(=O)[O-].COS(=O)(=O)[O-].C[N+](C)(C)CCCNC(=O)CCCCCCCCCCC1CCCC1.C[N+](C)(C)CCCNC(=O)CCCCCCCCCCCCC1CCCC1. The second-order valence-electron chi connectivity index (χ2n) is 20.3. The summed E-state index contributed by atoms with van der Waals surface area (Å²) in [6.45, 7) is 3.88. The molecule has 0 aromatic heterocycles. The summed E-state index contributed by atoms with van der Waals surface area (Å²) >= 11 is 0. The van der Waals surface area contributed by atoms with Crippen LogP contribution >= 0.6 is 0 Å². The monoisotopic (exact) mass is 957 g/mol. The summed E-state index contributed by atoms with van der Waals surface area (Å²) in [6.07, 6.45) is 42.7. The molecule has 0 bridgehead atoms. The fourth-order valence-corrected chi connectivity index (χ4v) is 8.25. The molecule has 2 aliphatic rings. The van der Waals surface area contributed by atoms with E-state index in [1.54, 1.807) is 0 Å². The molecular formula is C48H100N4O10S2. The smallest absolute Gasteiger partial charge is 0.219 e. The number of hydrogen-bond donors (Lipinski definition) is 2. The van der Waals surface area contributed by atoms with Crippen LogP contribution in [-0.2, 0) is 38.8 Å². The van der Waals surface area contributed by atoms with E-state index in [0.717, 1.165) is 86.9 Å². The van der Waals surface area contributed by atoms with Crippen LogP contribution in [0, 0.1) is 11.8 Å². The Kier molecular flexibility index (Phi) is 41.1. The number of nitrogens with zero attached hydrogens (tertiary/aromatic N) is 2. The maximum atomic E-state index is 11.8. The highest BCUT2D eigenvalue weighted by Gasteiger charge is 2.15. The standard InChI is InChI=1S/C24H48N2O.C22H44N2O.2CH4O4S/c1-26(2,3)22-16-21-25-24(27)20-13-11-9-7-5-4-6-8-10-12-17-23-18-14-15-19-23;1-24(2,3)20-14-19-23-22(25)18-11-9-7-5-4-6-8-10-15-21-16-12-13-17-21;2*1-5-6(2,3)4/h23H,4-22H2,1-3H3;21H,4-20H2,1-3H3;2*1H3,(H,2,3,4). The predicted molar refractivity (Wildman–Crippen MR) is 260 cm³/mol. The molecule has 2 fully saturated rings. The Labute approximate surface area is 394 Å². The summed E-state index contributed by atoms with van der Waals surface area (Å²) in [6, 6.07) is 0. The van der Waals surface area contributed by atoms with E-state index >= 15 is 0 Å². The largest absolute Gasteiger partial charge is 0.726 e. The summed E-state index contributed by atoms with van der Waals surface area (Å²) in [4.78, 5) is 23.6. The average molecular weight is 957 g/mol. The maximum absolute atomic E-state index is 11.8. The van der Waals surface area contributed by atoms with Crippen molar-refractivity contribution in [2.45, 2.75) is 205 Å². The molecule has 0 aromatic rings. The molecule has 0 aromatic carbocycles. The summed E-state index contributed by atoms with van der Waals surface area (Å²) in [7, 11) is 5.95. The first-order valence-electron chi connectivity index (χ1n) is 25.2. The van der Waals surface area contributed by atoms with Gasteiger partial charge in [0.05, 0.1) is 69.6 Å². The van der Waals surface area contributed by atoms with Gasteiger partial charge < -0.3 is 28.7 Å². The van der Waals surface area contributed by atoms with Crippen molar-refractivity contribution in [3.63, 3.8) is 0 Å². The van der Waals surface area contributed by atoms with E-state index in [9.17, 15) is 35.5 Å². The highest BCUT2D eigenvalue weighted by molar-refractivity contribution is 7.81. The number of amides is 2. The second-order valence-corrected chi connectivity index (χ2v) is 22.6. The summed E-state index contributed by atoms with van der Waals surface area (Å²) < 4.78 is 64.0. The van der Waals surface area contributed by atoms with Crippen molar-refractivity contribution in [1.82, 2.24) is 10.6 Å². The topological polar surface area (TPSA) is 191 Å². The van der Waals surface area contributed by atoms with Crippen LogP contribution in [-0.4, -0.2) is 129 Å². The fourth-order valence-electron chi connectivity index (χ4n) is 8.25. The Hall–Kier alpha value is -1.40. The molecule has 0 atom stereocenters. The Morgan fingerprint density at radius 3 is 0.922 bits per heavy atom. The number of carbonyl (C=O) groups is 2. The van der Waals surface area contributed by atoms with E-state index in [2.05, 4.69) is 61.3 Å². The van der Waals surface area contributed by atoms with Crippen LogP contribution < -0.4 is 10.6 Å². The molecule has 0 spiro atoms. The molecule has 384 valence electrons. The van der Waals surface area contributed by atoms with Crippen molar-refractivity contribution in [1.29, 1.82) is 0 Å². The van der Waals surface area contributed by atoms with Crippen LogP contribution in [0.2, 0.25) is 0 Å². The normalized spacial score (nSPS) is 14.8. The van der Waals surface area contributed by atoms with Gasteiger partial charge in [0.2, 0.25) is 32.6 Å². The van der Waals surface area contributed by atoms with Crippen molar-refractivity contribution in [3.05, 3.63) is 0 Å². The first kappa shape index (κ1) is 64.7. The van der Waals surface area contributed by atoms with Gasteiger partial charge in [-0.2, -0.15) is 0 Å². The van der Waals surface area contributed by atoms with Crippen LogP contribution in [0.5, 0.6) is 0 Å². The molecule has 0 saturated heterocycles. The average Bonchev–Trinajstić information content (AvgIpc) is 3.94. The number of rotatable bonds is 34. The quantitative estimate of drug-likeness (QED) is 0.0272. The number of hydrogen-bond acceptors (Lipinski definition) is 10. The molecule has 0 radical (unpaired) electrons. The summed E-state index contributed by atoms with van der Waals surface area (Å²) in [5.41, 5.74) is 0. The number of nitrogens with one attached hydrogen (secondary N) is 2. The maximum Gasteiger partial charge on any atom is 0.219 e. The van der Waals surface area contributed by atoms with Crippen LogP contribution in [0.15, 0.2) is 0 Å². The molecule has 2 N–H and O–H groups in total. The molecule has 2 amide bonds. The Morgan fingerprint density at radius 1 is 0.453 bits per heavy atom. The molecule has 16 heteroatoms. The molecular weight excluding hydrogens is 857 g/mol. The van der Waals surface area contributed by atoms with E-state index in [1.807, 2.05) is 0 Å². The van der Waals surface area contributed by atoms with Crippen molar-refractivity contribution in [2.75, 3.05) is 82.7 Å². The van der Waals surface area contributed by atoms with Gasteiger partial charge in [0, 0.05) is 38.8 Å². The van der Waals surface area contributed by atoms with Gasteiger partial charge in [-0.15, -0.1) is 0 Å². The fraction of sp³-hybridized carbons (Fsp3) is 0.958. The third-order valence-electron chi connectivity index (χ3n) is 12.0. The van der Waals surface area contributed by atoms with Crippen LogP contribution in [0.3, 0.4) is 0 Å². The highest BCUT2D eigenvalue weighted by atomic mass is 32.3. The molecule has 0 unspecified atom stereocenters. The number of quaternary nitrogens is 2. The summed E-state index contributed by atoms with van der Waals surface area (Å²) in [5.74, 6) is 2.64. The van der Waals surface area contributed by atoms with Crippen molar-refractivity contribution in [2.24, 2.45) is 11.8 Å². The minimum atomic E-state index is -4.41. The third kappa shape index (κ3) is 54.9. The highest BCUT2D eigenvalue weighted by Crippen LogP contribution is 2.30. The van der Waals surface area contributed by atoms with Gasteiger partial charge in [-0.05, 0) is 24.7 Å². The number of unbranched alkanes of at least 4 members (excludes halogenated alkanes) is 16. The predicted octanol–water partition coefficient (Wildman–Crippen LogP) is 9.55. The van der Waals surface area contributed by atoms with Crippen LogP contribution in [0.25, 0.3) is 0 Å². The van der Waals surface area contributed by atoms with E-state index in [-0.39, 0.29) is 11.8 Å². The lowest BCUT2D eigenvalue weighted by atomic mass is 9.99. The third-order valence-corrected chi connectivity index (χ3v) is 12.9. The van der Waals surface area contributed by atoms with E-state index in [1.165, 1.54) is 167 Å². The van der Waals surface area contributed by atoms with Gasteiger partial charge in [-0.1, -0.05) is 167 Å². The lowest BCUT2D eigenvalue weighted by Gasteiger charge is -2.23. The van der Waals surface area contributed by atoms with Gasteiger partial charge >= 0.3 is 0 Å². The van der Waals surface area contributed by atoms with Gasteiger partial charge in [0.1, 0.15) is 0 Å². The lowest BCUT2D eigenvalue weighted by molar-refractivity contribution is -0.870. The zero-order chi connectivity index (χ0) is 48.6. The van der Waals surface area contributed by atoms with Crippen LogP contribution in [0.1, 0.15) is 205 Å². The lowest BCUT2D eigenvalue weighted by Crippen LogP contribution is -2.37. The van der Waals surface area contributed by atoms with Crippen LogP contribution in [0.4, 0.5) is 0 Å². The molecule has 2 aliphatic carbocycles. The Bertz CT molecular complexity index is 1280. The van der Waals surface area contributed by atoms with Gasteiger partial charge in [-0.25, -0.2) is 16.8 Å². The Balaban J connectivity index is 0. The van der Waals surface area contributed by atoms with E-state index < -0.39 is 20.8 Å². The molecule has 2 saturated carbocycles. The first-order chi connectivity index (χ1) is 30.1. The molecule has 0 aliphatic heterocycles. The van der Waals surface area contributed by atoms with Gasteiger partial charge in [-0.3, -0.25) is 18.0 Å². The van der Waals surface area contributed by atoms with Crippen molar-refractivity contribution in [3.8, 4) is 0 Å². The zero-order valence-electron chi connectivity index (χ0n) is 42.4. The molecule has 0 heterocycles. The van der Waals surface area contributed by atoms with Gasteiger partial charge in [0.25, 0.3) is 0 Å². The number of carbonyl (C=O) groups excluding carboxylic acids is 2. The first-order valence-corrected chi connectivity index (χ1v) is 27.9. The molecule has 64 heavy (non-hydrogen) atoms. The van der Waals surface area contributed by atoms with E-state index in [4.69, 9.17) is 0 Å². The minimum Gasteiger partial charge on any atom is -0.726 e. The van der Waals surface area contributed by atoms with E-state index in [0.29, 0.717) is 12.8 Å². The van der Waals surface area contributed by atoms with Crippen molar-refractivity contribution < 1.29 is 52.9 Å². The summed E-state index contributed by atoms with van der Waals surface area (Å²) in [5, 5.41) is 6.11. The molecule has 2 rings (SSSR count). The van der Waals surface area contributed by atoms with Gasteiger partial charge in [0.15, 0.2) is 0 Å². The molecule has 14 nitrogen and oxygen atoms in total. The van der Waals surface area contributed by atoms with Crippen molar-refractivity contribution >= 4 is 32.6 Å².